The van der Waals surface area contributed by atoms with E-state index in [0.29, 0.717) is 22.5 Å². The first kappa shape index (κ1) is 12.9. The zero-order valence-corrected chi connectivity index (χ0v) is 12.3. The van der Waals surface area contributed by atoms with Gasteiger partial charge >= 0.3 is 5.69 Å². The van der Waals surface area contributed by atoms with Crippen molar-refractivity contribution in [3.63, 3.8) is 0 Å². The summed E-state index contributed by atoms with van der Waals surface area (Å²) in [7, 11) is 1.63. The molecule has 0 unspecified atom stereocenters. The van der Waals surface area contributed by atoms with E-state index in [4.69, 9.17) is 0 Å². The van der Waals surface area contributed by atoms with Crippen molar-refractivity contribution in [3.05, 3.63) is 27.2 Å². The predicted octanol–water partition coefficient (Wildman–Crippen LogP) is 1.39. The smallest absolute Gasteiger partial charge is 0.324 e. The van der Waals surface area contributed by atoms with E-state index in [1.165, 1.54) is 43.1 Å². The molecule has 2 aromatic heterocycles. The van der Waals surface area contributed by atoms with Crippen molar-refractivity contribution in [3.8, 4) is 0 Å². The molecule has 2 aromatic rings. The number of nitrogens with zero attached hydrogens (tertiary/aromatic N) is 3. The summed E-state index contributed by atoms with van der Waals surface area (Å²) in [5.74, 6) is 0.616. The van der Waals surface area contributed by atoms with Crippen molar-refractivity contribution in [2.45, 2.75) is 45.1 Å². The Balaban J connectivity index is 1.64. The van der Waals surface area contributed by atoms with Gasteiger partial charge in [0.15, 0.2) is 11.2 Å². The molecule has 0 aliphatic heterocycles. The fourth-order valence-corrected chi connectivity index (χ4v) is 3.75. The van der Waals surface area contributed by atoms with Gasteiger partial charge in [-0.3, -0.25) is 14.3 Å². The fourth-order valence-electron chi connectivity index (χ4n) is 3.75. The van der Waals surface area contributed by atoms with Crippen molar-refractivity contribution in [1.82, 2.24) is 19.1 Å². The molecule has 1 N–H and O–H groups in total. The molecular weight excluding hydrogens is 268 g/mol. The average Bonchev–Trinajstić information content (AvgIpc) is 3.08. The standard InChI is InChI=1S/C15H20N4O2/c1-18-12-11(13(20)17-14(18)21)19(9-16-12)8-10-2-4-15(5-3-10)6-7-15/h9-10H,2-8H2,1H3,(H,17,20,21). The molecule has 21 heavy (non-hydrogen) atoms. The lowest BCUT2D eigenvalue weighted by atomic mass is 9.80. The Kier molecular flexibility index (Phi) is 2.65. The molecule has 1 spiro atoms. The number of aryl methyl sites for hydroxylation is 1. The molecular formula is C15H20N4O2. The Labute approximate surface area is 121 Å². The van der Waals surface area contributed by atoms with E-state index >= 15 is 0 Å². The number of nitrogens with one attached hydrogen (secondary N) is 1. The molecule has 2 saturated carbocycles. The summed E-state index contributed by atoms with van der Waals surface area (Å²) < 4.78 is 3.32. The maximum atomic E-state index is 12.1. The highest BCUT2D eigenvalue weighted by molar-refractivity contribution is 5.69. The summed E-state index contributed by atoms with van der Waals surface area (Å²) in [5, 5.41) is 0. The second-order valence-electron chi connectivity index (χ2n) is 6.83. The maximum Gasteiger partial charge on any atom is 0.329 e. The number of aromatic nitrogens is 4. The number of fused-ring (bicyclic) bond motifs is 1. The van der Waals surface area contributed by atoms with Gasteiger partial charge in [-0.25, -0.2) is 9.78 Å². The third-order valence-corrected chi connectivity index (χ3v) is 5.45. The van der Waals surface area contributed by atoms with Crippen LogP contribution in [-0.4, -0.2) is 19.1 Å². The van der Waals surface area contributed by atoms with Gasteiger partial charge in [0.25, 0.3) is 5.56 Å². The number of H-pyrrole nitrogens is 1. The molecule has 0 amide bonds. The Morgan fingerprint density at radius 2 is 2.00 bits per heavy atom. The van der Waals surface area contributed by atoms with Crippen molar-refractivity contribution in [2.24, 2.45) is 18.4 Å². The minimum atomic E-state index is -0.411. The summed E-state index contributed by atoms with van der Waals surface area (Å²) >= 11 is 0. The molecule has 2 aliphatic carbocycles. The van der Waals surface area contributed by atoms with Crippen molar-refractivity contribution in [1.29, 1.82) is 0 Å². The number of imidazole rings is 1. The van der Waals surface area contributed by atoms with E-state index in [9.17, 15) is 9.59 Å². The number of rotatable bonds is 2. The Hall–Kier alpha value is -1.85. The van der Waals surface area contributed by atoms with Crippen molar-refractivity contribution >= 4 is 11.2 Å². The normalized spacial score (nSPS) is 21.2. The number of hydrogen-bond acceptors (Lipinski definition) is 3. The van der Waals surface area contributed by atoms with Gasteiger partial charge in [0, 0.05) is 13.6 Å². The van der Waals surface area contributed by atoms with Crippen LogP contribution in [0.2, 0.25) is 0 Å². The zero-order valence-electron chi connectivity index (χ0n) is 12.3. The van der Waals surface area contributed by atoms with Crippen LogP contribution in [0, 0.1) is 11.3 Å². The SMILES string of the molecule is Cn1c(=O)[nH]c(=O)c2c1ncn2CC1CCC2(CC1)CC2. The first-order valence-electron chi connectivity index (χ1n) is 7.72. The predicted molar refractivity (Wildman–Crippen MR) is 79.2 cm³/mol. The highest BCUT2D eigenvalue weighted by Gasteiger charge is 2.44. The van der Waals surface area contributed by atoms with Gasteiger partial charge in [-0.05, 0) is 49.9 Å². The molecule has 0 radical (unpaired) electrons. The largest absolute Gasteiger partial charge is 0.329 e. The molecule has 0 bridgehead atoms. The molecule has 0 atom stereocenters. The second kappa shape index (κ2) is 4.32. The van der Waals surface area contributed by atoms with Crippen LogP contribution in [0.4, 0.5) is 0 Å². The topological polar surface area (TPSA) is 72.7 Å². The van der Waals surface area contributed by atoms with Crippen LogP contribution in [-0.2, 0) is 13.6 Å². The van der Waals surface area contributed by atoms with E-state index in [0.717, 1.165) is 6.54 Å². The molecule has 112 valence electrons. The van der Waals surface area contributed by atoms with Crippen molar-refractivity contribution < 1.29 is 0 Å². The van der Waals surface area contributed by atoms with E-state index in [2.05, 4.69) is 9.97 Å². The molecule has 2 aliphatic rings. The minimum absolute atomic E-state index is 0.333. The summed E-state index contributed by atoms with van der Waals surface area (Å²) in [4.78, 5) is 30.3. The summed E-state index contributed by atoms with van der Waals surface area (Å²) in [5.41, 5.74) is 0.933. The average molecular weight is 288 g/mol. The fraction of sp³-hybridized carbons (Fsp3) is 0.667. The Morgan fingerprint density at radius 1 is 1.29 bits per heavy atom. The molecule has 4 rings (SSSR count). The Morgan fingerprint density at radius 3 is 2.67 bits per heavy atom. The lowest BCUT2D eigenvalue weighted by molar-refractivity contribution is 0.238. The van der Waals surface area contributed by atoms with Gasteiger partial charge in [0.1, 0.15) is 0 Å². The summed E-state index contributed by atoms with van der Waals surface area (Å²) in [6.45, 7) is 0.827. The first-order chi connectivity index (χ1) is 10.1. The van der Waals surface area contributed by atoms with Gasteiger partial charge in [0.05, 0.1) is 6.33 Å². The van der Waals surface area contributed by atoms with E-state index in [1.54, 1.807) is 13.4 Å². The van der Waals surface area contributed by atoms with Crippen LogP contribution in [0.1, 0.15) is 38.5 Å². The molecule has 2 fully saturated rings. The van der Waals surface area contributed by atoms with Crippen LogP contribution in [0.25, 0.3) is 11.2 Å². The van der Waals surface area contributed by atoms with Crippen LogP contribution in [0.5, 0.6) is 0 Å². The first-order valence-corrected chi connectivity index (χ1v) is 7.72. The van der Waals surface area contributed by atoms with Gasteiger partial charge in [-0.15, -0.1) is 0 Å². The van der Waals surface area contributed by atoms with E-state index < -0.39 is 5.69 Å². The van der Waals surface area contributed by atoms with E-state index in [1.807, 2.05) is 4.57 Å². The zero-order chi connectivity index (χ0) is 14.6. The van der Waals surface area contributed by atoms with Gasteiger partial charge < -0.3 is 4.57 Å². The molecule has 0 aromatic carbocycles. The minimum Gasteiger partial charge on any atom is -0.324 e. The molecule has 0 saturated heterocycles. The molecule has 2 heterocycles. The lowest BCUT2D eigenvalue weighted by Gasteiger charge is -2.28. The van der Waals surface area contributed by atoms with Crippen LogP contribution in [0.15, 0.2) is 15.9 Å². The third kappa shape index (κ3) is 2.04. The highest BCUT2D eigenvalue weighted by Crippen LogP contribution is 2.57. The van der Waals surface area contributed by atoms with E-state index in [-0.39, 0.29) is 5.56 Å². The second-order valence-corrected chi connectivity index (χ2v) is 6.83. The third-order valence-electron chi connectivity index (χ3n) is 5.45. The van der Waals surface area contributed by atoms with Gasteiger partial charge in [-0.2, -0.15) is 0 Å². The lowest BCUT2D eigenvalue weighted by Crippen LogP contribution is -2.29. The molecule has 6 nitrogen and oxygen atoms in total. The van der Waals surface area contributed by atoms with Crippen LogP contribution >= 0.6 is 0 Å². The van der Waals surface area contributed by atoms with Crippen molar-refractivity contribution in [2.75, 3.05) is 0 Å². The molecule has 6 heteroatoms. The monoisotopic (exact) mass is 288 g/mol. The van der Waals surface area contributed by atoms with Gasteiger partial charge in [-0.1, -0.05) is 0 Å². The number of aromatic amines is 1. The summed E-state index contributed by atoms with van der Waals surface area (Å²) in [6, 6.07) is 0. The summed E-state index contributed by atoms with van der Waals surface area (Å²) in [6.07, 6.45) is 9.66. The quantitative estimate of drug-likeness (QED) is 0.907. The highest BCUT2D eigenvalue weighted by atomic mass is 16.2. The maximum absolute atomic E-state index is 12.1. The van der Waals surface area contributed by atoms with Crippen LogP contribution < -0.4 is 11.2 Å². The van der Waals surface area contributed by atoms with Gasteiger partial charge in [0.2, 0.25) is 0 Å². The number of hydrogen-bond donors (Lipinski definition) is 1. The Bertz CT molecular complexity index is 799. The van der Waals surface area contributed by atoms with Crippen LogP contribution in [0.3, 0.4) is 0 Å².